The third-order valence-corrected chi connectivity index (χ3v) is 3.83. The van der Waals surface area contributed by atoms with Crippen LogP contribution in [0.2, 0.25) is 0 Å². The van der Waals surface area contributed by atoms with Gasteiger partial charge in [0.25, 0.3) is 5.91 Å². The van der Waals surface area contributed by atoms with Gasteiger partial charge in [-0.25, -0.2) is 4.39 Å². The minimum atomic E-state index is -0.915. The van der Waals surface area contributed by atoms with Crippen LogP contribution in [0.25, 0.3) is 11.0 Å². The van der Waals surface area contributed by atoms with E-state index in [2.05, 4.69) is 9.97 Å². The predicted octanol–water partition coefficient (Wildman–Crippen LogP) is 1.71. The van der Waals surface area contributed by atoms with Gasteiger partial charge in [0.2, 0.25) is 0 Å². The molecule has 0 radical (unpaired) electrons. The average molecular weight is 303 g/mol. The first-order chi connectivity index (χ1) is 10.6. The van der Waals surface area contributed by atoms with E-state index < -0.39 is 23.6 Å². The Morgan fingerprint density at radius 3 is 2.82 bits per heavy atom. The molecule has 1 unspecified atom stereocenters. The van der Waals surface area contributed by atoms with Crippen LogP contribution in [0.3, 0.4) is 0 Å². The van der Waals surface area contributed by atoms with Crippen molar-refractivity contribution in [3.8, 4) is 0 Å². The Morgan fingerprint density at radius 2 is 2.05 bits per heavy atom. The van der Waals surface area contributed by atoms with Crippen LogP contribution in [0.15, 0.2) is 24.5 Å². The number of amides is 1. The molecule has 1 aromatic heterocycles. The van der Waals surface area contributed by atoms with Gasteiger partial charge in [-0.05, 0) is 18.9 Å². The third-order valence-electron chi connectivity index (χ3n) is 3.83. The number of carboxylic acid groups (broad SMARTS) is 1. The molecule has 0 bridgehead atoms. The molecule has 2 heterocycles. The lowest BCUT2D eigenvalue weighted by Gasteiger charge is -2.30. The van der Waals surface area contributed by atoms with E-state index in [-0.39, 0.29) is 12.1 Å². The van der Waals surface area contributed by atoms with Gasteiger partial charge in [0.05, 0.1) is 17.0 Å². The Morgan fingerprint density at radius 1 is 1.27 bits per heavy atom. The summed E-state index contributed by atoms with van der Waals surface area (Å²) in [5, 5.41) is 9.10. The second-order valence-corrected chi connectivity index (χ2v) is 5.31. The monoisotopic (exact) mass is 303 g/mol. The van der Waals surface area contributed by atoms with E-state index in [1.807, 2.05) is 0 Å². The van der Waals surface area contributed by atoms with Gasteiger partial charge in [0.1, 0.15) is 11.3 Å². The summed E-state index contributed by atoms with van der Waals surface area (Å²) in [5.41, 5.74) is 0.748. The number of aromatic nitrogens is 2. The van der Waals surface area contributed by atoms with Gasteiger partial charge < -0.3 is 10.0 Å². The fourth-order valence-electron chi connectivity index (χ4n) is 2.74. The number of halogens is 1. The molecule has 6 nitrogen and oxygen atoms in total. The van der Waals surface area contributed by atoms with E-state index in [1.54, 1.807) is 0 Å². The molecule has 1 aliphatic heterocycles. The number of hydrogen-bond acceptors (Lipinski definition) is 4. The predicted molar refractivity (Wildman–Crippen MR) is 75.8 cm³/mol. The summed E-state index contributed by atoms with van der Waals surface area (Å²) in [6.07, 6.45) is 4.02. The van der Waals surface area contributed by atoms with Gasteiger partial charge in [-0.15, -0.1) is 0 Å². The van der Waals surface area contributed by atoms with Gasteiger partial charge in [-0.1, -0.05) is 0 Å². The highest BCUT2D eigenvalue weighted by Gasteiger charge is 2.29. The molecule has 0 saturated carbocycles. The summed E-state index contributed by atoms with van der Waals surface area (Å²) in [6, 6.07) is 2.35. The molecule has 1 amide bonds. The summed E-state index contributed by atoms with van der Waals surface area (Å²) < 4.78 is 13.7. The smallest absolute Gasteiger partial charge is 0.308 e. The molecule has 0 aliphatic carbocycles. The zero-order valence-electron chi connectivity index (χ0n) is 11.7. The van der Waals surface area contributed by atoms with Gasteiger partial charge in [0, 0.05) is 31.5 Å². The highest BCUT2D eigenvalue weighted by atomic mass is 19.1. The van der Waals surface area contributed by atoms with E-state index in [4.69, 9.17) is 5.11 Å². The first-order valence-electron chi connectivity index (χ1n) is 6.98. The van der Waals surface area contributed by atoms with Gasteiger partial charge in [-0.2, -0.15) is 0 Å². The quantitative estimate of drug-likeness (QED) is 0.913. The van der Waals surface area contributed by atoms with Crippen molar-refractivity contribution in [2.75, 3.05) is 13.1 Å². The molecule has 1 atom stereocenters. The molecule has 22 heavy (non-hydrogen) atoms. The van der Waals surface area contributed by atoms with E-state index in [0.29, 0.717) is 30.4 Å². The topological polar surface area (TPSA) is 83.4 Å². The molecular weight excluding hydrogens is 289 g/mol. The second kappa shape index (κ2) is 5.67. The van der Waals surface area contributed by atoms with Crippen LogP contribution in [-0.4, -0.2) is 44.9 Å². The van der Waals surface area contributed by atoms with Crippen LogP contribution < -0.4 is 0 Å². The number of carbonyl (C=O) groups excluding carboxylic acids is 1. The van der Waals surface area contributed by atoms with Crippen molar-refractivity contribution in [1.82, 2.24) is 14.9 Å². The number of carboxylic acids is 1. The van der Waals surface area contributed by atoms with E-state index >= 15 is 0 Å². The van der Waals surface area contributed by atoms with Crippen LogP contribution in [0.4, 0.5) is 4.39 Å². The molecular formula is C15H14FN3O3. The number of nitrogens with zero attached hydrogens (tertiary/aromatic N) is 3. The van der Waals surface area contributed by atoms with E-state index in [0.717, 1.165) is 6.07 Å². The number of hydrogen-bond donors (Lipinski definition) is 1. The van der Waals surface area contributed by atoms with Gasteiger partial charge in [-0.3, -0.25) is 19.6 Å². The van der Waals surface area contributed by atoms with Crippen molar-refractivity contribution in [3.05, 3.63) is 35.9 Å². The maximum absolute atomic E-state index is 13.7. The summed E-state index contributed by atoms with van der Waals surface area (Å²) in [5.74, 6) is -2.47. The number of fused-ring (bicyclic) bond motifs is 1. The van der Waals surface area contributed by atoms with Crippen LogP contribution >= 0.6 is 0 Å². The minimum absolute atomic E-state index is 0.120. The average Bonchev–Trinajstić information content (AvgIpc) is 2.53. The Kier molecular flexibility index (Phi) is 3.70. The zero-order valence-corrected chi connectivity index (χ0v) is 11.7. The van der Waals surface area contributed by atoms with Gasteiger partial charge >= 0.3 is 5.97 Å². The lowest BCUT2D eigenvalue weighted by atomic mass is 9.97. The molecule has 1 saturated heterocycles. The van der Waals surface area contributed by atoms with Crippen molar-refractivity contribution in [2.45, 2.75) is 12.8 Å². The summed E-state index contributed by atoms with van der Waals surface area (Å²) >= 11 is 0. The number of rotatable bonds is 2. The number of likely N-dealkylation sites (tertiary alicyclic amines) is 1. The molecule has 0 spiro atoms. The SMILES string of the molecule is O=C(O)C1CCCN(C(=O)c2cc(F)cc3nccnc23)C1. The molecule has 1 N–H and O–H groups in total. The maximum Gasteiger partial charge on any atom is 0.308 e. The van der Waals surface area contributed by atoms with Crippen molar-refractivity contribution < 1.29 is 19.1 Å². The van der Waals surface area contributed by atoms with Crippen LogP contribution in [-0.2, 0) is 4.79 Å². The normalized spacial score (nSPS) is 18.4. The third kappa shape index (κ3) is 2.61. The molecule has 1 fully saturated rings. The molecule has 1 aliphatic rings. The summed E-state index contributed by atoms with van der Waals surface area (Å²) in [6.45, 7) is 0.591. The van der Waals surface area contributed by atoms with Crippen molar-refractivity contribution >= 4 is 22.9 Å². The van der Waals surface area contributed by atoms with E-state index in [9.17, 15) is 14.0 Å². The fourth-order valence-corrected chi connectivity index (χ4v) is 2.74. The largest absolute Gasteiger partial charge is 0.481 e. The standard InChI is InChI=1S/C15H14FN3O3/c16-10-6-11(13-12(7-10)17-3-4-18-13)14(20)19-5-1-2-9(8-19)15(21)22/h3-4,6-7,9H,1-2,5,8H2,(H,21,22). The number of aliphatic carboxylic acids is 1. The highest BCUT2D eigenvalue weighted by Crippen LogP contribution is 2.22. The molecule has 114 valence electrons. The second-order valence-electron chi connectivity index (χ2n) is 5.31. The molecule has 2 aromatic rings. The molecule has 1 aromatic carbocycles. The van der Waals surface area contributed by atoms with Crippen LogP contribution in [0.1, 0.15) is 23.2 Å². The molecule has 7 heteroatoms. The lowest BCUT2D eigenvalue weighted by molar-refractivity contribution is -0.143. The Hall–Kier alpha value is -2.57. The summed E-state index contributed by atoms with van der Waals surface area (Å²) in [4.78, 5) is 33.3. The zero-order chi connectivity index (χ0) is 15.7. The first kappa shape index (κ1) is 14.4. The Balaban J connectivity index is 1.97. The maximum atomic E-state index is 13.7. The van der Waals surface area contributed by atoms with Gasteiger partial charge in [0.15, 0.2) is 0 Å². The highest BCUT2D eigenvalue weighted by molar-refractivity contribution is 6.04. The van der Waals surface area contributed by atoms with Crippen molar-refractivity contribution in [1.29, 1.82) is 0 Å². The van der Waals surface area contributed by atoms with Crippen molar-refractivity contribution in [2.24, 2.45) is 5.92 Å². The minimum Gasteiger partial charge on any atom is -0.481 e. The number of piperidine rings is 1. The lowest BCUT2D eigenvalue weighted by Crippen LogP contribution is -2.42. The first-order valence-corrected chi connectivity index (χ1v) is 6.98. The van der Waals surface area contributed by atoms with Crippen LogP contribution in [0.5, 0.6) is 0 Å². The number of carbonyl (C=O) groups is 2. The fraction of sp³-hybridized carbons (Fsp3) is 0.333. The molecule has 3 rings (SSSR count). The van der Waals surface area contributed by atoms with Crippen molar-refractivity contribution in [3.63, 3.8) is 0 Å². The summed E-state index contributed by atoms with van der Waals surface area (Å²) in [7, 11) is 0. The van der Waals surface area contributed by atoms with Crippen LogP contribution in [0, 0.1) is 11.7 Å². The Labute approximate surface area is 125 Å². The van der Waals surface area contributed by atoms with E-state index in [1.165, 1.54) is 23.4 Å². The Bertz CT molecular complexity index is 750. The number of benzene rings is 1.